The first kappa shape index (κ1) is 14.8. The predicted octanol–water partition coefficient (Wildman–Crippen LogP) is -3.09. The second-order valence-electron chi connectivity index (χ2n) is 2.02. The minimum absolute atomic E-state index is 0.0972. The van der Waals surface area contributed by atoms with Gasteiger partial charge in [0.2, 0.25) is 0 Å². The lowest BCUT2D eigenvalue weighted by atomic mass is 10.6. The summed E-state index contributed by atoms with van der Waals surface area (Å²) in [5.74, 6) is -1.02. The zero-order valence-electron chi connectivity index (χ0n) is 7.18. The molecule has 0 saturated carbocycles. The molecule has 0 heterocycles. The van der Waals surface area contributed by atoms with Gasteiger partial charge in [0.15, 0.2) is 6.29 Å². The zero-order valence-corrected chi connectivity index (χ0v) is 7.18. The van der Waals surface area contributed by atoms with Gasteiger partial charge in [-0.15, -0.1) is 0 Å². The Labute approximate surface area is 75.8 Å². The zero-order chi connectivity index (χ0) is 10.7. The Kier molecular flexibility index (Phi) is 12.8. The van der Waals surface area contributed by atoms with E-state index < -0.39 is 12.3 Å². The van der Waals surface area contributed by atoms with E-state index in [4.69, 9.17) is 26.2 Å². The molecule has 13 heavy (non-hydrogen) atoms. The molecule has 0 amide bonds. The Balaban J connectivity index is 0. The molecule has 0 fully saturated rings. The lowest BCUT2D eigenvalue weighted by molar-refractivity contribution is -0.136. The third kappa shape index (κ3) is 24.6. The highest BCUT2D eigenvalue weighted by atomic mass is 16.5. The summed E-state index contributed by atoms with van der Waals surface area (Å²) in [5.41, 5.74) is 4.78. The minimum Gasteiger partial charge on any atom is -0.480 e. The fourth-order valence-corrected chi connectivity index (χ4v) is 0.308. The Hall–Kier alpha value is -0.730. The van der Waals surface area contributed by atoms with Gasteiger partial charge in [-0.2, -0.15) is 0 Å². The van der Waals surface area contributed by atoms with Gasteiger partial charge in [-0.25, -0.2) is 0 Å². The van der Waals surface area contributed by atoms with Crippen molar-refractivity contribution in [1.29, 1.82) is 0 Å². The van der Waals surface area contributed by atoms with Gasteiger partial charge < -0.3 is 31.5 Å². The van der Waals surface area contributed by atoms with Gasteiger partial charge in [-0.3, -0.25) is 4.79 Å². The number of nitrogens with one attached hydrogen (secondary N) is 1. The maximum atomic E-state index is 9.76. The van der Waals surface area contributed by atoms with Crippen LogP contribution in [0, 0.1) is 0 Å². The highest BCUT2D eigenvalue weighted by Gasteiger charge is 1.97. The van der Waals surface area contributed by atoms with E-state index in [0.717, 1.165) is 0 Å². The van der Waals surface area contributed by atoms with Crippen molar-refractivity contribution in [3.05, 3.63) is 0 Å². The monoisotopic (exact) mass is 196 g/mol. The molecule has 0 rings (SSSR count). The minimum atomic E-state index is -1.48. The third-order valence-electron chi connectivity index (χ3n) is 0.732. The number of carbonyl (C=O) groups is 1. The van der Waals surface area contributed by atoms with Gasteiger partial charge >= 0.3 is 5.97 Å². The van der Waals surface area contributed by atoms with Gasteiger partial charge in [-0.05, 0) is 0 Å². The molecule has 0 aliphatic heterocycles. The molecule has 7 N–H and O–H groups in total. The number of carboxylic acid groups (broad SMARTS) is 1. The molecule has 0 aromatic rings. The summed E-state index contributed by atoms with van der Waals surface area (Å²) in [4.78, 5) is 9.76. The Morgan fingerprint density at radius 1 is 1.46 bits per heavy atom. The van der Waals surface area contributed by atoms with E-state index in [1.165, 1.54) is 0 Å². The fraction of sp³-hybridized carbons (Fsp3) is 0.833. The number of hydrogen-bond acceptors (Lipinski definition) is 6. The Bertz CT molecular complexity index is 118. The van der Waals surface area contributed by atoms with Crippen molar-refractivity contribution in [2.75, 3.05) is 26.2 Å². The first-order valence-corrected chi connectivity index (χ1v) is 3.64. The average Bonchev–Trinajstić information content (AvgIpc) is 2.03. The van der Waals surface area contributed by atoms with Crippen LogP contribution in [0.4, 0.5) is 0 Å². The van der Waals surface area contributed by atoms with Crippen LogP contribution < -0.4 is 11.1 Å². The van der Waals surface area contributed by atoms with Crippen LogP contribution in [0.3, 0.4) is 0 Å². The molecule has 0 unspecified atom stereocenters. The van der Waals surface area contributed by atoms with Crippen LogP contribution in [-0.2, 0) is 4.79 Å². The number of rotatable bonds is 5. The van der Waals surface area contributed by atoms with Gasteiger partial charge in [0.25, 0.3) is 0 Å². The number of hydrogen-bond donors (Lipinski definition) is 6. The Morgan fingerprint density at radius 3 is 2.15 bits per heavy atom. The van der Waals surface area contributed by atoms with E-state index in [9.17, 15) is 4.79 Å². The highest BCUT2D eigenvalue weighted by molar-refractivity contribution is 5.68. The summed E-state index contributed by atoms with van der Waals surface area (Å²) in [6.45, 7) is 0.101. The van der Waals surface area contributed by atoms with Crippen molar-refractivity contribution >= 4 is 5.97 Å². The molecule has 80 valence electrons. The summed E-state index contributed by atoms with van der Waals surface area (Å²) in [6, 6.07) is 0. The van der Waals surface area contributed by atoms with Crippen LogP contribution in [0.25, 0.3) is 0 Å². The second-order valence-corrected chi connectivity index (χ2v) is 2.02. The van der Waals surface area contributed by atoms with E-state index in [1.807, 2.05) is 0 Å². The second kappa shape index (κ2) is 11.3. The van der Waals surface area contributed by atoms with Crippen LogP contribution in [0.15, 0.2) is 0 Å². The smallest absolute Gasteiger partial charge is 0.317 e. The van der Waals surface area contributed by atoms with Crippen LogP contribution in [0.1, 0.15) is 0 Å². The summed E-state index contributed by atoms with van der Waals surface area (Å²) in [6.07, 6.45) is -1.48. The van der Waals surface area contributed by atoms with Crippen LogP contribution in [0.2, 0.25) is 0 Å². The molecule has 0 atom stereocenters. The maximum Gasteiger partial charge on any atom is 0.317 e. The van der Waals surface area contributed by atoms with E-state index in [2.05, 4.69) is 5.32 Å². The van der Waals surface area contributed by atoms with Crippen molar-refractivity contribution in [1.82, 2.24) is 5.32 Å². The lowest BCUT2D eigenvalue weighted by Crippen LogP contribution is -2.30. The standard InChI is InChI=1S/C4H9NO4.C2H7NO/c6-3(7)1-5-2-4(8)9;3-1-2-4/h3,5-7H,1-2H2,(H,8,9);4H,1-3H2. The first-order valence-electron chi connectivity index (χ1n) is 3.64. The average molecular weight is 196 g/mol. The van der Waals surface area contributed by atoms with Gasteiger partial charge in [0.1, 0.15) is 0 Å². The molecule has 0 spiro atoms. The molecule has 0 aliphatic rings. The normalized spacial score (nSPS) is 9.31. The number of aliphatic hydroxyl groups excluding tert-OH is 2. The topological polar surface area (TPSA) is 136 Å². The van der Waals surface area contributed by atoms with Crippen molar-refractivity contribution in [3.63, 3.8) is 0 Å². The van der Waals surface area contributed by atoms with E-state index in [1.54, 1.807) is 0 Å². The molecular weight excluding hydrogens is 180 g/mol. The first-order chi connectivity index (χ1) is 6.04. The van der Waals surface area contributed by atoms with Gasteiger partial charge in [-0.1, -0.05) is 0 Å². The Morgan fingerprint density at radius 2 is 1.92 bits per heavy atom. The van der Waals surface area contributed by atoms with Gasteiger partial charge in [0.05, 0.1) is 13.2 Å². The van der Waals surface area contributed by atoms with Crippen LogP contribution >= 0.6 is 0 Å². The molecule has 0 saturated heterocycles. The molecule has 0 aliphatic carbocycles. The number of nitrogens with two attached hydrogens (primary N) is 1. The van der Waals surface area contributed by atoms with Crippen molar-refractivity contribution in [3.8, 4) is 0 Å². The van der Waals surface area contributed by atoms with E-state index in [-0.39, 0.29) is 19.7 Å². The lowest BCUT2D eigenvalue weighted by Gasteiger charge is -2.01. The van der Waals surface area contributed by atoms with Gasteiger partial charge in [0, 0.05) is 13.1 Å². The maximum absolute atomic E-state index is 9.76. The van der Waals surface area contributed by atoms with Crippen molar-refractivity contribution in [2.45, 2.75) is 6.29 Å². The molecular formula is C6H16N2O5. The SMILES string of the molecule is NCCO.O=C(O)CNCC(O)O. The fourth-order valence-electron chi connectivity index (χ4n) is 0.308. The molecule has 0 bridgehead atoms. The summed E-state index contributed by atoms with van der Waals surface area (Å²) in [5, 5.41) is 34.4. The molecule has 7 nitrogen and oxygen atoms in total. The highest BCUT2D eigenvalue weighted by Crippen LogP contribution is 1.68. The number of aliphatic carboxylic acids is 1. The molecule has 0 aromatic heterocycles. The molecule has 7 heteroatoms. The number of aliphatic hydroxyl groups is 3. The third-order valence-corrected chi connectivity index (χ3v) is 0.732. The number of carboxylic acids is 1. The largest absolute Gasteiger partial charge is 0.480 e. The van der Waals surface area contributed by atoms with Crippen molar-refractivity contribution in [2.24, 2.45) is 5.73 Å². The van der Waals surface area contributed by atoms with E-state index in [0.29, 0.717) is 6.54 Å². The summed E-state index contributed by atoms with van der Waals surface area (Å²) >= 11 is 0. The van der Waals surface area contributed by atoms with Crippen LogP contribution in [-0.4, -0.2) is 58.9 Å². The van der Waals surface area contributed by atoms with E-state index >= 15 is 0 Å². The predicted molar refractivity (Wildman–Crippen MR) is 44.9 cm³/mol. The van der Waals surface area contributed by atoms with Crippen molar-refractivity contribution < 1.29 is 25.2 Å². The van der Waals surface area contributed by atoms with Crippen LogP contribution in [0.5, 0.6) is 0 Å². The quantitative estimate of drug-likeness (QED) is 0.256. The molecule has 0 aromatic carbocycles. The summed E-state index contributed by atoms with van der Waals surface area (Å²) < 4.78 is 0. The summed E-state index contributed by atoms with van der Waals surface area (Å²) in [7, 11) is 0. The molecule has 0 radical (unpaired) electrons.